The summed E-state index contributed by atoms with van der Waals surface area (Å²) in [4.78, 5) is 8.63. The minimum atomic E-state index is -0.274. The number of rotatable bonds is 3. The number of β-amino-alcohol motifs (C(OH)–C–C–N with tert-alkyl or cyclic N) is 1. The number of hydrogen-bond donors (Lipinski definition) is 2. The van der Waals surface area contributed by atoms with E-state index in [1.54, 1.807) is 6.20 Å². The average molecular weight is 286 g/mol. The number of nitrogens with zero attached hydrogens (tertiary/aromatic N) is 3. The predicted octanol–water partition coefficient (Wildman–Crippen LogP) is 1.32. The summed E-state index contributed by atoms with van der Waals surface area (Å²) in [5.74, 6) is 0. The van der Waals surface area contributed by atoms with Crippen molar-refractivity contribution in [2.45, 2.75) is 18.6 Å². The van der Waals surface area contributed by atoms with Crippen molar-refractivity contribution in [3.63, 3.8) is 0 Å². The predicted molar refractivity (Wildman–Crippen MR) is 86.5 cm³/mol. The Balaban J connectivity index is 2.04. The lowest BCUT2D eigenvalue weighted by molar-refractivity contribution is 0.191. The second-order valence-electron chi connectivity index (χ2n) is 6.05. The maximum atomic E-state index is 10.1. The van der Waals surface area contributed by atoms with Gasteiger partial charge in [0.05, 0.1) is 6.10 Å². The summed E-state index contributed by atoms with van der Waals surface area (Å²) < 4.78 is 0. The fourth-order valence-corrected chi connectivity index (χ4v) is 3.23. The minimum absolute atomic E-state index is 0.274. The molecule has 2 heterocycles. The van der Waals surface area contributed by atoms with E-state index in [0.717, 1.165) is 35.1 Å². The van der Waals surface area contributed by atoms with Crippen molar-refractivity contribution in [1.82, 2.24) is 9.88 Å². The van der Waals surface area contributed by atoms with Crippen LogP contribution in [0.4, 0.5) is 11.4 Å². The summed E-state index contributed by atoms with van der Waals surface area (Å²) in [5.41, 5.74) is 7.92. The summed E-state index contributed by atoms with van der Waals surface area (Å²) in [6, 6.07) is 6.29. The van der Waals surface area contributed by atoms with Gasteiger partial charge in [0, 0.05) is 53.7 Å². The number of likely N-dealkylation sites (N-methyl/N-ethyl adjacent to an activating group) is 1. The zero-order valence-corrected chi connectivity index (χ0v) is 12.5. The number of hydrogen-bond acceptors (Lipinski definition) is 5. The molecule has 2 unspecified atom stereocenters. The molecule has 1 saturated heterocycles. The van der Waals surface area contributed by atoms with Gasteiger partial charge in [-0.3, -0.25) is 4.98 Å². The first-order valence-electron chi connectivity index (χ1n) is 7.28. The SMILES string of the molecule is CN(C)CC1CC(O)CN1c1ccc(N)c2cnccc12. The fraction of sp³-hybridized carbons (Fsp3) is 0.438. The molecule has 0 spiro atoms. The molecule has 3 N–H and O–H groups in total. The first-order valence-corrected chi connectivity index (χ1v) is 7.28. The summed E-state index contributed by atoms with van der Waals surface area (Å²) in [6.45, 7) is 1.59. The molecular formula is C16H22N4O. The number of benzene rings is 1. The number of pyridine rings is 1. The van der Waals surface area contributed by atoms with Crippen LogP contribution >= 0.6 is 0 Å². The average Bonchev–Trinajstić information content (AvgIpc) is 2.79. The van der Waals surface area contributed by atoms with Gasteiger partial charge in [-0.25, -0.2) is 0 Å². The maximum absolute atomic E-state index is 10.1. The smallest absolute Gasteiger partial charge is 0.0735 e. The summed E-state index contributed by atoms with van der Waals surface area (Å²) in [7, 11) is 4.13. The molecule has 3 rings (SSSR count). The van der Waals surface area contributed by atoms with Gasteiger partial charge in [-0.2, -0.15) is 0 Å². The molecule has 5 heteroatoms. The largest absolute Gasteiger partial charge is 0.398 e. The van der Waals surface area contributed by atoms with Crippen molar-refractivity contribution < 1.29 is 5.11 Å². The molecule has 1 aromatic heterocycles. The summed E-state index contributed by atoms with van der Waals surface area (Å²) >= 11 is 0. The Morgan fingerprint density at radius 1 is 1.33 bits per heavy atom. The number of aliphatic hydroxyl groups excluding tert-OH is 1. The second kappa shape index (κ2) is 5.50. The summed E-state index contributed by atoms with van der Waals surface area (Å²) in [6.07, 6.45) is 4.12. The van der Waals surface area contributed by atoms with Crippen LogP contribution in [0.3, 0.4) is 0 Å². The Morgan fingerprint density at radius 2 is 2.14 bits per heavy atom. The van der Waals surface area contributed by atoms with Gasteiger partial charge in [0.25, 0.3) is 0 Å². The highest BCUT2D eigenvalue weighted by atomic mass is 16.3. The van der Waals surface area contributed by atoms with Crippen molar-refractivity contribution in [3.05, 3.63) is 30.6 Å². The Bertz CT molecular complexity index is 643. The highest BCUT2D eigenvalue weighted by Gasteiger charge is 2.32. The van der Waals surface area contributed by atoms with Crippen LogP contribution in [0.5, 0.6) is 0 Å². The number of aromatic nitrogens is 1. The maximum Gasteiger partial charge on any atom is 0.0735 e. The lowest BCUT2D eigenvalue weighted by atomic mass is 10.1. The molecule has 1 aliphatic rings. The van der Waals surface area contributed by atoms with Crippen molar-refractivity contribution >= 4 is 22.1 Å². The lowest BCUT2D eigenvalue weighted by Crippen LogP contribution is -2.37. The van der Waals surface area contributed by atoms with E-state index < -0.39 is 0 Å². The van der Waals surface area contributed by atoms with E-state index >= 15 is 0 Å². The molecule has 0 aliphatic carbocycles. The zero-order chi connectivity index (χ0) is 15.0. The van der Waals surface area contributed by atoms with Crippen LogP contribution in [-0.4, -0.2) is 54.3 Å². The quantitative estimate of drug-likeness (QED) is 0.833. The van der Waals surface area contributed by atoms with E-state index in [4.69, 9.17) is 5.73 Å². The molecule has 21 heavy (non-hydrogen) atoms. The minimum Gasteiger partial charge on any atom is -0.398 e. The van der Waals surface area contributed by atoms with E-state index in [-0.39, 0.29) is 6.10 Å². The molecule has 0 saturated carbocycles. The molecule has 1 aromatic carbocycles. The first kappa shape index (κ1) is 14.1. The standard InChI is InChI=1S/C16H22N4O/c1-19(2)9-11-7-12(21)10-20(11)16-4-3-15(17)14-8-18-6-5-13(14)16/h3-6,8,11-12,21H,7,9-10,17H2,1-2H3. The van der Waals surface area contributed by atoms with E-state index in [2.05, 4.69) is 34.9 Å². The van der Waals surface area contributed by atoms with E-state index in [9.17, 15) is 5.11 Å². The van der Waals surface area contributed by atoms with Gasteiger partial charge >= 0.3 is 0 Å². The topological polar surface area (TPSA) is 65.6 Å². The Labute approximate surface area is 125 Å². The zero-order valence-electron chi connectivity index (χ0n) is 12.5. The Kier molecular flexibility index (Phi) is 3.69. The van der Waals surface area contributed by atoms with Crippen LogP contribution in [0, 0.1) is 0 Å². The third-order valence-electron chi connectivity index (χ3n) is 4.11. The van der Waals surface area contributed by atoms with E-state index in [0.29, 0.717) is 12.6 Å². The Hall–Kier alpha value is -1.85. The van der Waals surface area contributed by atoms with Gasteiger partial charge < -0.3 is 20.6 Å². The summed E-state index contributed by atoms with van der Waals surface area (Å²) in [5, 5.41) is 12.1. The van der Waals surface area contributed by atoms with Gasteiger partial charge in [-0.05, 0) is 38.7 Å². The molecule has 1 fully saturated rings. The molecule has 112 valence electrons. The molecule has 0 bridgehead atoms. The van der Waals surface area contributed by atoms with Crippen molar-refractivity contribution in [1.29, 1.82) is 0 Å². The van der Waals surface area contributed by atoms with Gasteiger partial charge in [0.15, 0.2) is 0 Å². The molecule has 2 aromatic rings. The van der Waals surface area contributed by atoms with E-state index in [1.807, 2.05) is 18.3 Å². The normalized spacial score (nSPS) is 22.4. The van der Waals surface area contributed by atoms with Crippen LogP contribution in [0.15, 0.2) is 30.6 Å². The number of aliphatic hydroxyl groups is 1. The molecule has 5 nitrogen and oxygen atoms in total. The third kappa shape index (κ3) is 2.66. The molecular weight excluding hydrogens is 264 g/mol. The first-order chi connectivity index (χ1) is 10.1. The van der Waals surface area contributed by atoms with Crippen LogP contribution < -0.4 is 10.6 Å². The van der Waals surface area contributed by atoms with Crippen LogP contribution in [0.25, 0.3) is 10.8 Å². The van der Waals surface area contributed by atoms with Crippen molar-refractivity contribution in [2.75, 3.05) is 37.8 Å². The highest BCUT2D eigenvalue weighted by molar-refractivity contribution is 6.01. The number of fused-ring (bicyclic) bond motifs is 1. The van der Waals surface area contributed by atoms with Crippen molar-refractivity contribution in [2.24, 2.45) is 0 Å². The van der Waals surface area contributed by atoms with Crippen LogP contribution in [0.2, 0.25) is 0 Å². The molecule has 0 radical (unpaired) electrons. The lowest BCUT2D eigenvalue weighted by Gasteiger charge is -2.30. The molecule has 1 aliphatic heterocycles. The monoisotopic (exact) mass is 286 g/mol. The second-order valence-corrected chi connectivity index (χ2v) is 6.05. The van der Waals surface area contributed by atoms with Crippen LogP contribution in [0.1, 0.15) is 6.42 Å². The number of anilines is 2. The van der Waals surface area contributed by atoms with E-state index in [1.165, 1.54) is 0 Å². The fourth-order valence-electron chi connectivity index (χ4n) is 3.23. The van der Waals surface area contributed by atoms with Gasteiger partial charge in [-0.1, -0.05) is 0 Å². The van der Waals surface area contributed by atoms with Gasteiger partial charge in [-0.15, -0.1) is 0 Å². The van der Waals surface area contributed by atoms with Gasteiger partial charge in [0.1, 0.15) is 0 Å². The van der Waals surface area contributed by atoms with Crippen LogP contribution in [-0.2, 0) is 0 Å². The molecule has 2 atom stereocenters. The van der Waals surface area contributed by atoms with Gasteiger partial charge in [0.2, 0.25) is 0 Å². The third-order valence-corrected chi connectivity index (χ3v) is 4.11. The Morgan fingerprint density at radius 3 is 2.90 bits per heavy atom. The number of nitrogens with two attached hydrogens (primary N) is 1. The number of nitrogen functional groups attached to an aromatic ring is 1. The highest BCUT2D eigenvalue weighted by Crippen LogP contribution is 2.34. The van der Waals surface area contributed by atoms with Crippen molar-refractivity contribution in [3.8, 4) is 0 Å². The molecule has 0 amide bonds.